The van der Waals surface area contributed by atoms with Crippen molar-refractivity contribution in [3.05, 3.63) is 34.2 Å². The first-order valence-corrected chi connectivity index (χ1v) is 6.05. The molecule has 1 heterocycles. The molecule has 0 aliphatic rings. The Hall–Kier alpha value is -0.860. The summed E-state index contributed by atoms with van der Waals surface area (Å²) < 4.78 is 1.34. The molecule has 0 aliphatic heterocycles. The van der Waals surface area contributed by atoms with Crippen LogP contribution >= 0.6 is 11.3 Å². The molecule has 1 aromatic heterocycles. The molecule has 0 fully saturated rings. The summed E-state index contributed by atoms with van der Waals surface area (Å²) in [6, 6.07) is 6.51. The van der Waals surface area contributed by atoms with Crippen molar-refractivity contribution in [3.8, 4) is 0 Å². The van der Waals surface area contributed by atoms with E-state index < -0.39 is 0 Å². The Morgan fingerprint density at radius 1 is 1.33 bits per heavy atom. The number of benzene rings is 1. The molecule has 15 heavy (non-hydrogen) atoms. The third kappa shape index (κ3) is 1.80. The van der Waals surface area contributed by atoms with E-state index in [1.165, 1.54) is 26.1 Å². The van der Waals surface area contributed by atoms with E-state index >= 15 is 0 Å². The summed E-state index contributed by atoms with van der Waals surface area (Å²) >= 11 is 1.84. The Morgan fingerprint density at radius 2 is 2.07 bits per heavy atom. The van der Waals surface area contributed by atoms with Gasteiger partial charge in [-0.25, -0.2) is 0 Å². The standard InChI is InChI=1S/C13H16OS/c1-8(7-14)11-4-5-12-9(2)10(3)15-13(12)6-11/h4-6,8,14H,7H2,1-3H3. The summed E-state index contributed by atoms with van der Waals surface area (Å²) in [6.45, 7) is 6.60. The van der Waals surface area contributed by atoms with Crippen molar-refractivity contribution in [1.82, 2.24) is 0 Å². The second-order valence-electron chi connectivity index (χ2n) is 4.12. The van der Waals surface area contributed by atoms with Crippen LogP contribution in [0.5, 0.6) is 0 Å². The molecule has 1 nitrogen and oxygen atoms in total. The number of rotatable bonds is 2. The molecule has 0 spiro atoms. The normalized spacial score (nSPS) is 13.3. The van der Waals surface area contributed by atoms with Crippen LogP contribution in [0.15, 0.2) is 18.2 Å². The van der Waals surface area contributed by atoms with Gasteiger partial charge in [0.25, 0.3) is 0 Å². The van der Waals surface area contributed by atoms with Crippen molar-refractivity contribution in [2.45, 2.75) is 26.7 Å². The summed E-state index contributed by atoms with van der Waals surface area (Å²) in [7, 11) is 0. The van der Waals surface area contributed by atoms with Crippen LogP contribution in [0.1, 0.15) is 28.8 Å². The molecule has 1 aromatic carbocycles. The molecular weight excluding hydrogens is 204 g/mol. The molecule has 1 atom stereocenters. The third-order valence-corrected chi connectivity index (χ3v) is 4.21. The minimum Gasteiger partial charge on any atom is -0.396 e. The van der Waals surface area contributed by atoms with Crippen LogP contribution in [0.2, 0.25) is 0 Å². The number of hydrogen-bond donors (Lipinski definition) is 1. The molecule has 0 radical (unpaired) electrons. The van der Waals surface area contributed by atoms with Gasteiger partial charge in [0, 0.05) is 22.1 Å². The van der Waals surface area contributed by atoms with E-state index in [0.717, 1.165) is 0 Å². The average Bonchev–Trinajstić information content (AvgIpc) is 2.53. The van der Waals surface area contributed by atoms with E-state index in [9.17, 15) is 0 Å². The van der Waals surface area contributed by atoms with Crippen molar-refractivity contribution in [2.75, 3.05) is 6.61 Å². The first kappa shape index (κ1) is 10.7. The van der Waals surface area contributed by atoms with Crippen molar-refractivity contribution in [1.29, 1.82) is 0 Å². The lowest BCUT2D eigenvalue weighted by atomic mass is 10.0. The van der Waals surface area contributed by atoms with Gasteiger partial charge >= 0.3 is 0 Å². The summed E-state index contributed by atoms with van der Waals surface area (Å²) in [4.78, 5) is 1.39. The average molecular weight is 220 g/mol. The van der Waals surface area contributed by atoms with Crippen LogP contribution in [-0.2, 0) is 0 Å². The first-order valence-electron chi connectivity index (χ1n) is 5.24. The van der Waals surface area contributed by atoms with Crippen molar-refractivity contribution >= 4 is 21.4 Å². The minimum atomic E-state index is 0.217. The molecule has 80 valence electrons. The molecule has 0 saturated heterocycles. The zero-order valence-corrected chi connectivity index (χ0v) is 10.2. The van der Waals surface area contributed by atoms with Gasteiger partial charge in [-0.3, -0.25) is 0 Å². The van der Waals surface area contributed by atoms with Gasteiger partial charge in [0.2, 0.25) is 0 Å². The van der Waals surface area contributed by atoms with Crippen LogP contribution in [0.25, 0.3) is 10.1 Å². The monoisotopic (exact) mass is 220 g/mol. The first-order chi connectivity index (χ1) is 7.13. The number of aliphatic hydroxyl groups is 1. The predicted molar refractivity (Wildman–Crippen MR) is 66.8 cm³/mol. The van der Waals surface area contributed by atoms with Gasteiger partial charge in [-0.1, -0.05) is 19.1 Å². The predicted octanol–water partition coefficient (Wildman–Crippen LogP) is 3.61. The molecule has 0 amide bonds. The minimum absolute atomic E-state index is 0.217. The highest BCUT2D eigenvalue weighted by Gasteiger charge is 2.08. The summed E-state index contributed by atoms with van der Waals surface area (Å²) in [6.07, 6.45) is 0. The lowest BCUT2D eigenvalue weighted by molar-refractivity contribution is 0.273. The van der Waals surface area contributed by atoms with Crippen LogP contribution in [0, 0.1) is 13.8 Å². The molecule has 2 heteroatoms. The molecule has 1 N–H and O–H groups in total. The van der Waals surface area contributed by atoms with Gasteiger partial charge in [0.15, 0.2) is 0 Å². The fourth-order valence-corrected chi connectivity index (χ4v) is 2.90. The lowest BCUT2D eigenvalue weighted by Gasteiger charge is -2.07. The van der Waals surface area contributed by atoms with Gasteiger partial charge in [-0.05, 0) is 36.4 Å². The SMILES string of the molecule is Cc1sc2cc(C(C)CO)ccc2c1C. The number of aliphatic hydroxyl groups excluding tert-OH is 1. The highest BCUT2D eigenvalue weighted by Crippen LogP contribution is 2.32. The largest absolute Gasteiger partial charge is 0.396 e. The second-order valence-corrected chi connectivity index (χ2v) is 5.38. The Bertz CT molecular complexity index is 484. The van der Waals surface area contributed by atoms with Crippen LogP contribution in [0.3, 0.4) is 0 Å². The number of fused-ring (bicyclic) bond motifs is 1. The van der Waals surface area contributed by atoms with E-state index in [1.54, 1.807) is 0 Å². The highest BCUT2D eigenvalue weighted by molar-refractivity contribution is 7.19. The van der Waals surface area contributed by atoms with Gasteiger partial charge in [0.05, 0.1) is 0 Å². The third-order valence-electron chi connectivity index (χ3n) is 3.04. The second kappa shape index (κ2) is 3.95. The molecule has 0 aliphatic carbocycles. The van der Waals surface area contributed by atoms with Crippen LogP contribution in [-0.4, -0.2) is 11.7 Å². The maximum absolute atomic E-state index is 9.12. The fraction of sp³-hybridized carbons (Fsp3) is 0.385. The maximum Gasteiger partial charge on any atom is 0.0497 e. The quantitative estimate of drug-likeness (QED) is 0.819. The van der Waals surface area contributed by atoms with E-state index in [-0.39, 0.29) is 12.5 Å². The summed E-state index contributed by atoms with van der Waals surface area (Å²) in [5, 5.41) is 10.5. The van der Waals surface area contributed by atoms with Gasteiger partial charge in [-0.15, -0.1) is 11.3 Å². The number of thiophene rings is 1. The lowest BCUT2D eigenvalue weighted by Crippen LogP contribution is -1.97. The van der Waals surface area contributed by atoms with Crippen molar-refractivity contribution < 1.29 is 5.11 Å². The van der Waals surface area contributed by atoms with E-state index in [2.05, 4.69) is 39.0 Å². The molecule has 2 aromatic rings. The maximum atomic E-state index is 9.12. The summed E-state index contributed by atoms with van der Waals surface area (Å²) in [5.41, 5.74) is 2.62. The zero-order chi connectivity index (χ0) is 11.0. The number of aryl methyl sites for hydroxylation is 2. The molecular formula is C13H16OS. The molecule has 0 bridgehead atoms. The molecule has 1 unspecified atom stereocenters. The van der Waals surface area contributed by atoms with Gasteiger partial charge in [-0.2, -0.15) is 0 Å². The van der Waals surface area contributed by atoms with Gasteiger partial charge < -0.3 is 5.11 Å². The number of hydrogen-bond acceptors (Lipinski definition) is 2. The highest BCUT2D eigenvalue weighted by atomic mass is 32.1. The fourth-order valence-electron chi connectivity index (χ4n) is 1.78. The van der Waals surface area contributed by atoms with E-state index in [1.807, 2.05) is 11.3 Å². The van der Waals surface area contributed by atoms with E-state index in [4.69, 9.17) is 5.11 Å². The zero-order valence-electron chi connectivity index (χ0n) is 9.37. The Balaban J connectivity index is 2.57. The van der Waals surface area contributed by atoms with Crippen molar-refractivity contribution in [3.63, 3.8) is 0 Å². The van der Waals surface area contributed by atoms with Gasteiger partial charge in [0.1, 0.15) is 0 Å². The molecule has 0 saturated carbocycles. The Morgan fingerprint density at radius 3 is 2.73 bits per heavy atom. The Labute approximate surface area is 94.4 Å². The van der Waals surface area contributed by atoms with Crippen LogP contribution in [0.4, 0.5) is 0 Å². The van der Waals surface area contributed by atoms with E-state index in [0.29, 0.717) is 0 Å². The topological polar surface area (TPSA) is 20.2 Å². The van der Waals surface area contributed by atoms with Crippen molar-refractivity contribution in [2.24, 2.45) is 0 Å². The van der Waals surface area contributed by atoms with Crippen LogP contribution < -0.4 is 0 Å². The Kier molecular flexibility index (Phi) is 2.81. The smallest absolute Gasteiger partial charge is 0.0497 e. The summed E-state index contributed by atoms with van der Waals surface area (Å²) in [5.74, 6) is 0.233. The molecule has 2 rings (SSSR count).